The summed E-state index contributed by atoms with van der Waals surface area (Å²) in [5.74, 6) is -3.87. The maximum atomic E-state index is 17.0. The molecule has 4 N–H and O–H groups in total. The second kappa shape index (κ2) is 23.1. The number of halogens is 4. The summed E-state index contributed by atoms with van der Waals surface area (Å²) >= 11 is 0. The van der Waals surface area contributed by atoms with Crippen LogP contribution in [-0.4, -0.2) is 126 Å². The summed E-state index contributed by atoms with van der Waals surface area (Å²) in [6.07, 6.45) is 9.44. The van der Waals surface area contributed by atoms with Gasteiger partial charge < -0.3 is 30.3 Å². The van der Waals surface area contributed by atoms with Gasteiger partial charge in [-0.1, -0.05) is 43.7 Å². The summed E-state index contributed by atoms with van der Waals surface area (Å²) in [6, 6.07) is 14.7. The third-order valence-electron chi connectivity index (χ3n) is 18.5. The zero-order valence-electron chi connectivity index (χ0n) is 46.1. The van der Waals surface area contributed by atoms with E-state index in [2.05, 4.69) is 25.5 Å². The van der Waals surface area contributed by atoms with Crippen LogP contribution in [-0.2, 0) is 22.2 Å². The van der Waals surface area contributed by atoms with Crippen molar-refractivity contribution in [3.63, 3.8) is 0 Å². The number of ether oxygens (including phenoxy) is 2. The summed E-state index contributed by atoms with van der Waals surface area (Å²) in [6.45, 7) is 10.4. The van der Waals surface area contributed by atoms with Crippen molar-refractivity contribution >= 4 is 40.5 Å². The Bertz CT molecular complexity index is 3160. The Morgan fingerprint density at radius 2 is 1.55 bits per heavy atom. The maximum Gasteiger partial charge on any atom is 0.329 e. The fourth-order valence-electron chi connectivity index (χ4n) is 13.9. The van der Waals surface area contributed by atoms with Crippen molar-refractivity contribution in [2.45, 2.75) is 114 Å². The van der Waals surface area contributed by atoms with Crippen LogP contribution in [0.4, 0.5) is 28.2 Å². The van der Waals surface area contributed by atoms with E-state index in [0.717, 1.165) is 76.6 Å². The van der Waals surface area contributed by atoms with Gasteiger partial charge in [-0.05, 0) is 144 Å². The normalized spacial score (nSPS) is 23.6. The summed E-state index contributed by atoms with van der Waals surface area (Å²) in [7, 11) is 1.57. The number of carbonyl (C=O) groups excluding carboxylic acids is 4. The molecule has 19 heteroatoms. The molecule has 80 heavy (non-hydrogen) atoms. The lowest BCUT2D eigenvalue weighted by atomic mass is 9.76. The number of imide groups is 1. The number of hydrogen-bond donors (Lipinski definition) is 3. The molecule has 5 aliphatic heterocycles. The second-order valence-electron chi connectivity index (χ2n) is 23.2. The number of anilines is 1. The molecule has 5 amide bonds. The van der Waals surface area contributed by atoms with E-state index in [4.69, 9.17) is 15.2 Å². The maximum absolute atomic E-state index is 17.0. The van der Waals surface area contributed by atoms with Crippen LogP contribution < -0.4 is 30.7 Å². The van der Waals surface area contributed by atoms with Crippen molar-refractivity contribution in [3.8, 4) is 22.6 Å². The number of aromatic nitrogens is 2. The highest BCUT2D eigenvalue weighted by Crippen LogP contribution is 2.56. The lowest BCUT2D eigenvalue weighted by molar-refractivity contribution is -0.138. The topological polar surface area (TPSA) is 168 Å². The van der Waals surface area contributed by atoms with Crippen LogP contribution in [0.25, 0.3) is 22.0 Å². The summed E-state index contributed by atoms with van der Waals surface area (Å²) in [5, 5.41) is 10.6. The zero-order valence-corrected chi connectivity index (χ0v) is 46.1. The van der Waals surface area contributed by atoms with Crippen molar-refractivity contribution in [1.29, 1.82) is 0 Å². The molecule has 2 atom stereocenters. The van der Waals surface area contributed by atoms with E-state index in [9.17, 15) is 19.2 Å². The highest BCUT2D eigenvalue weighted by molar-refractivity contribution is 6.09. The highest BCUT2D eigenvalue weighted by Gasteiger charge is 2.50. The molecule has 6 heterocycles. The quantitative estimate of drug-likeness (QED) is 0.0861. The monoisotopic (exact) mass is 1100 g/mol. The standard InChI is InChI=1S/C61H73F4N9O6/c1-36-45(62)33-48-51(50(36)53-43(57(66)76)16-17-47(54(53)64)79-31-30-71-23-8-5-9-24-71)37(2)61(80-48,41-10-6-4-7-11-41)35-67-42-14-12-40(13-15-42)59(77)73-27-18-38(19-28-73)34-72-25-20-39(21-26-72)52-46(63)32-44-56(55(52)65)70(3)69-58(44)74-29-22-49(75)68-60(74)78/h4,6-7,10-11,16-17,32-33,37-40,42,67H,5,8-9,12-15,18-31,34-35H2,1-3H3,(H2,66,76)(H,68,75,78)/t37-,40?,42?,61-/m0/s1. The van der Waals surface area contributed by atoms with Gasteiger partial charge in [-0.3, -0.25) is 34.2 Å². The van der Waals surface area contributed by atoms with Gasteiger partial charge in [0.15, 0.2) is 28.8 Å². The predicted molar refractivity (Wildman–Crippen MR) is 296 cm³/mol. The molecule has 5 fully saturated rings. The van der Waals surface area contributed by atoms with Crippen LogP contribution in [0.15, 0.2) is 54.6 Å². The van der Waals surface area contributed by atoms with Crippen molar-refractivity contribution in [3.05, 3.63) is 106 Å². The number of nitrogens with two attached hydrogens (primary N) is 1. The highest BCUT2D eigenvalue weighted by atomic mass is 19.1. The van der Waals surface area contributed by atoms with Gasteiger partial charge in [0.25, 0.3) is 0 Å². The lowest BCUT2D eigenvalue weighted by Crippen LogP contribution is -2.49. The molecular formula is C61H73F4N9O6. The van der Waals surface area contributed by atoms with Crippen LogP contribution in [0.2, 0.25) is 0 Å². The second-order valence-corrected chi connectivity index (χ2v) is 23.2. The van der Waals surface area contributed by atoms with Crippen molar-refractivity contribution in [1.82, 2.24) is 35.1 Å². The molecule has 4 saturated heterocycles. The van der Waals surface area contributed by atoms with E-state index >= 15 is 17.6 Å². The van der Waals surface area contributed by atoms with Gasteiger partial charge in [0.1, 0.15) is 29.5 Å². The van der Waals surface area contributed by atoms with E-state index in [0.29, 0.717) is 63.6 Å². The third-order valence-corrected chi connectivity index (χ3v) is 18.5. The first kappa shape index (κ1) is 55.3. The molecule has 1 aromatic heterocycles. The average Bonchev–Trinajstić information content (AvgIpc) is 3.95. The van der Waals surface area contributed by atoms with E-state index in [1.807, 2.05) is 42.2 Å². The summed E-state index contributed by atoms with van der Waals surface area (Å²) < 4.78 is 79.8. The van der Waals surface area contributed by atoms with E-state index in [1.165, 1.54) is 40.3 Å². The van der Waals surface area contributed by atoms with Gasteiger partial charge >= 0.3 is 6.03 Å². The molecule has 426 valence electrons. The molecule has 0 radical (unpaired) electrons. The minimum atomic E-state index is -1.05. The number of nitrogens with one attached hydrogen (secondary N) is 2. The minimum absolute atomic E-state index is 0.0343. The predicted octanol–water partition coefficient (Wildman–Crippen LogP) is 9.17. The number of hydrogen-bond acceptors (Lipinski definition) is 10. The number of likely N-dealkylation sites (tertiary alicyclic amines) is 3. The van der Waals surface area contributed by atoms with Gasteiger partial charge in [-0.25, -0.2) is 22.4 Å². The van der Waals surface area contributed by atoms with E-state index in [1.54, 1.807) is 14.0 Å². The Hall–Kier alpha value is -6.57. The average molecular weight is 1100 g/mol. The van der Waals surface area contributed by atoms with Crippen LogP contribution in [0.1, 0.15) is 128 Å². The Morgan fingerprint density at radius 3 is 2.25 bits per heavy atom. The number of fused-ring (bicyclic) bond motifs is 2. The Balaban J connectivity index is 0.695. The first-order valence-corrected chi connectivity index (χ1v) is 28.9. The first-order chi connectivity index (χ1) is 38.6. The molecule has 0 unspecified atom stereocenters. The SMILES string of the molecule is Cc1c(F)cc2c(c1-c1c(C(N)=O)ccc(OCCN3CCCCC3)c1F)[C@H](C)[C@@](CNC1CCC(C(=O)N3CCC(CN4CCC(c5c(F)cc6c(N7CCC(=O)NC7=O)nn(C)c6c5F)CC4)CC3)CC1)(c1ccccc1)O2. The molecular weight excluding hydrogens is 1030 g/mol. The van der Waals surface area contributed by atoms with Crippen LogP contribution >= 0.6 is 0 Å². The van der Waals surface area contributed by atoms with Crippen LogP contribution in [0.5, 0.6) is 11.5 Å². The van der Waals surface area contributed by atoms with Crippen LogP contribution in [0, 0.1) is 42.0 Å². The van der Waals surface area contributed by atoms with E-state index in [-0.39, 0.29) is 99.4 Å². The smallest absolute Gasteiger partial charge is 0.329 e. The number of primary amides is 1. The van der Waals surface area contributed by atoms with Crippen LogP contribution in [0.3, 0.4) is 0 Å². The molecule has 1 aliphatic carbocycles. The number of piperidine rings is 3. The zero-order chi connectivity index (χ0) is 56.0. The number of nitrogens with zero attached hydrogens (tertiary/aromatic N) is 6. The molecule has 4 aromatic carbocycles. The lowest BCUT2D eigenvalue weighted by Gasteiger charge is -2.40. The molecule has 15 nitrogen and oxygen atoms in total. The fourth-order valence-corrected chi connectivity index (χ4v) is 13.9. The van der Waals surface area contributed by atoms with E-state index < -0.39 is 52.6 Å². The molecule has 1 saturated carbocycles. The van der Waals surface area contributed by atoms with Gasteiger partial charge in [-0.15, -0.1) is 0 Å². The van der Waals surface area contributed by atoms with Gasteiger partial charge in [0.2, 0.25) is 17.7 Å². The van der Waals surface area contributed by atoms with Gasteiger partial charge in [0, 0.05) is 93.4 Å². The number of carbonyl (C=O) groups is 4. The summed E-state index contributed by atoms with van der Waals surface area (Å²) in [4.78, 5) is 59.4. The minimum Gasteiger partial charge on any atom is -0.489 e. The number of urea groups is 1. The largest absolute Gasteiger partial charge is 0.489 e. The van der Waals surface area contributed by atoms with Crippen molar-refractivity contribution < 1.29 is 46.2 Å². The first-order valence-electron chi connectivity index (χ1n) is 28.9. The van der Waals surface area contributed by atoms with Crippen molar-refractivity contribution in [2.75, 3.05) is 77.0 Å². The third kappa shape index (κ3) is 10.6. The number of benzene rings is 4. The van der Waals surface area contributed by atoms with Crippen molar-refractivity contribution in [2.24, 2.45) is 24.6 Å². The molecule has 0 spiro atoms. The Kier molecular flexibility index (Phi) is 16.0. The number of amides is 5. The Morgan fingerprint density at radius 1 is 0.825 bits per heavy atom. The van der Waals surface area contributed by atoms with Gasteiger partial charge in [-0.2, -0.15) is 5.10 Å². The molecule has 6 aliphatic rings. The number of rotatable bonds is 15. The van der Waals surface area contributed by atoms with Gasteiger partial charge in [0.05, 0.1) is 10.9 Å². The number of aryl methyl sites for hydroxylation is 1. The fraction of sp³-hybridized carbons (Fsp3) is 0.525. The molecule has 11 rings (SSSR count). The summed E-state index contributed by atoms with van der Waals surface area (Å²) in [5.41, 5.74) is 6.72. The Labute approximate surface area is 464 Å². The molecule has 5 aromatic rings. The molecule has 0 bridgehead atoms.